The molecule has 4 heteroatoms. The smallest absolute Gasteiger partial charge is 0.248 e. The Hall–Kier alpha value is -3.40. The number of rotatable bonds is 5. The first-order valence-electron chi connectivity index (χ1n) is 8.73. The summed E-state index contributed by atoms with van der Waals surface area (Å²) >= 11 is 0. The minimum absolute atomic E-state index is 0.123. The third-order valence-electron chi connectivity index (χ3n) is 4.00. The highest BCUT2D eigenvalue weighted by Crippen LogP contribution is 2.25. The molecule has 0 fully saturated rings. The van der Waals surface area contributed by atoms with Crippen molar-refractivity contribution in [1.29, 1.82) is 0 Å². The quantitative estimate of drug-likeness (QED) is 0.627. The van der Waals surface area contributed by atoms with E-state index < -0.39 is 0 Å². The Morgan fingerprint density at radius 3 is 1.96 bits per heavy atom. The van der Waals surface area contributed by atoms with E-state index in [1.807, 2.05) is 80.6 Å². The minimum atomic E-state index is -0.123. The molecular weight excluding hydrogens is 336 g/mol. The number of nitrogens with zero attached hydrogens (tertiary/aromatic N) is 1. The first kappa shape index (κ1) is 18.4. The standard InChI is InChI=1S/C23H22N2O2/c1-16(2)15-23(26)24-19-11-7-17(8-12-19)21-5-4-6-22(25-21)18-9-13-20(27-3)14-10-18/h4-15H,1-3H3,(H,24,26). The molecule has 1 N–H and O–H groups in total. The number of amides is 1. The van der Waals surface area contributed by atoms with Gasteiger partial charge in [-0.15, -0.1) is 0 Å². The topological polar surface area (TPSA) is 51.2 Å². The lowest BCUT2D eigenvalue weighted by atomic mass is 10.1. The number of methoxy groups -OCH3 is 1. The number of nitrogens with one attached hydrogen (secondary N) is 1. The Bertz CT molecular complexity index is 954. The molecule has 0 saturated carbocycles. The van der Waals surface area contributed by atoms with Gasteiger partial charge >= 0.3 is 0 Å². The zero-order valence-corrected chi connectivity index (χ0v) is 15.7. The van der Waals surface area contributed by atoms with Crippen molar-refractivity contribution in [1.82, 2.24) is 4.98 Å². The third kappa shape index (κ3) is 4.82. The number of anilines is 1. The maximum absolute atomic E-state index is 11.8. The number of aromatic nitrogens is 1. The average molecular weight is 358 g/mol. The monoisotopic (exact) mass is 358 g/mol. The Morgan fingerprint density at radius 1 is 0.889 bits per heavy atom. The van der Waals surface area contributed by atoms with E-state index in [1.165, 1.54) is 0 Å². The largest absolute Gasteiger partial charge is 0.497 e. The molecule has 1 aromatic heterocycles. The van der Waals surface area contributed by atoms with Crippen molar-refractivity contribution in [3.05, 3.63) is 78.4 Å². The van der Waals surface area contributed by atoms with Crippen molar-refractivity contribution in [2.75, 3.05) is 12.4 Å². The summed E-state index contributed by atoms with van der Waals surface area (Å²) < 4.78 is 5.20. The predicted molar refractivity (Wildman–Crippen MR) is 110 cm³/mol. The van der Waals surface area contributed by atoms with Crippen LogP contribution in [0.15, 0.2) is 78.4 Å². The van der Waals surface area contributed by atoms with Crippen LogP contribution in [-0.2, 0) is 4.79 Å². The summed E-state index contributed by atoms with van der Waals surface area (Å²) in [6.45, 7) is 3.79. The summed E-state index contributed by atoms with van der Waals surface area (Å²) in [5.41, 5.74) is 5.52. The highest BCUT2D eigenvalue weighted by atomic mass is 16.5. The van der Waals surface area contributed by atoms with Gasteiger partial charge in [-0.3, -0.25) is 4.79 Å². The summed E-state index contributed by atoms with van der Waals surface area (Å²) in [6, 6.07) is 21.5. The van der Waals surface area contributed by atoms with Gasteiger partial charge < -0.3 is 10.1 Å². The van der Waals surface area contributed by atoms with E-state index in [0.29, 0.717) is 0 Å². The van der Waals surface area contributed by atoms with Crippen LogP contribution >= 0.6 is 0 Å². The van der Waals surface area contributed by atoms with Crippen molar-refractivity contribution in [3.8, 4) is 28.3 Å². The maximum atomic E-state index is 11.8. The number of pyridine rings is 1. The van der Waals surface area contributed by atoms with Gasteiger partial charge in [-0.25, -0.2) is 4.98 Å². The summed E-state index contributed by atoms with van der Waals surface area (Å²) in [4.78, 5) is 16.6. The summed E-state index contributed by atoms with van der Waals surface area (Å²) in [7, 11) is 1.65. The van der Waals surface area contributed by atoms with Crippen LogP contribution in [0.2, 0.25) is 0 Å². The number of ether oxygens (including phenoxy) is 1. The number of benzene rings is 2. The van der Waals surface area contributed by atoms with Gasteiger partial charge in [-0.2, -0.15) is 0 Å². The summed E-state index contributed by atoms with van der Waals surface area (Å²) in [6.07, 6.45) is 1.58. The minimum Gasteiger partial charge on any atom is -0.497 e. The highest BCUT2D eigenvalue weighted by molar-refractivity contribution is 5.99. The summed E-state index contributed by atoms with van der Waals surface area (Å²) in [5, 5.41) is 2.85. The van der Waals surface area contributed by atoms with Crippen LogP contribution in [0.5, 0.6) is 5.75 Å². The first-order chi connectivity index (χ1) is 13.0. The number of hydrogen-bond donors (Lipinski definition) is 1. The van der Waals surface area contributed by atoms with Crippen LogP contribution in [0.1, 0.15) is 13.8 Å². The van der Waals surface area contributed by atoms with Gasteiger partial charge in [0.1, 0.15) is 5.75 Å². The molecule has 0 bridgehead atoms. The second-order valence-electron chi connectivity index (χ2n) is 6.42. The molecule has 4 nitrogen and oxygen atoms in total. The zero-order valence-electron chi connectivity index (χ0n) is 15.7. The van der Waals surface area contributed by atoms with Gasteiger partial charge in [0.15, 0.2) is 0 Å². The van der Waals surface area contributed by atoms with Gasteiger partial charge in [-0.05, 0) is 62.4 Å². The molecule has 27 heavy (non-hydrogen) atoms. The predicted octanol–water partition coefficient (Wildman–Crippen LogP) is 5.33. The van der Waals surface area contributed by atoms with E-state index in [1.54, 1.807) is 13.2 Å². The molecule has 0 unspecified atom stereocenters. The Kier molecular flexibility index (Phi) is 5.67. The molecule has 1 heterocycles. The molecule has 2 aromatic carbocycles. The average Bonchev–Trinajstić information content (AvgIpc) is 2.68. The van der Waals surface area contributed by atoms with Crippen molar-refractivity contribution in [3.63, 3.8) is 0 Å². The van der Waals surface area contributed by atoms with Crippen molar-refractivity contribution >= 4 is 11.6 Å². The van der Waals surface area contributed by atoms with Crippen LogP contribution in [0.4, 0.5) is 5.69 Å². The van der Waals surface area contributed by atoms with Gasteiger partial charge in [-0.1, -0.05) is 23.8 Å². The zero-order chi connectivity index (χ0) is 19.2. The van der Waals surface area contributed by atoms with E-state index >= 15 is 0 Å². The highest BCUT2D eigenvalue weighted by Gasteiger charge is 2.05. The second-order valence-corrected chi connectivity index (χ2v) is 6.42. The fourth-order valence-corrected chi connectivity index (χ4v) is 2.68. The van der Waals surface area contributed by atoms with Crippen LogP contribution in [0.3, 0.4) is 0 Å². The van der Waals surface area contributed by atoms with Crippen molar-refractivity contribution < 1.29 is 9.53 Å². The summed E-state index contributed by atoms with van der Waals surface area (Å²) in [5.74, 6) is 0.697. The molecular formula is C23H22N2O2. The fourth-order valence-electron chi connectivity index (χ4n) is 2.68. The van der Waals surface area contributed by atoms with Crippen LogP contribution in [0, 0.1) is 0 Å². The molecule has 0 spiro atoms. The molecule has 0 aliphatic carbocycles. The lowest BCUT2D eigenvalue weighted by molar-refractivity contribution is -0.111. The molecule has 3 aromatic rings. The fraction of sp³-hybridized carbons (Fsp3) is 0.130. The third-order valence-corrected chi connectivity index (χ3v) is 4.00. The van der Waals surface area contributed by atoms with Crippen molar-refractivity contribution in [2.24, 2.45) is 0 Å². The van der Waals surface area contributed by atoms with Gasteiger partial charge in [0.2, 0.25) is 5.91 Å². The molecule has 136 valence electrons. The maximum Gasteiger partial charge on any atom is 0.248 e. The van der Waals surface area contributed by atoms with Gasteiger partial charge in [0, 0.05) is 22.9 Å². The normalized spacial score (nSPS) is 10.2. The van der Waals surface area contributed by atoms with Crippen molar-refractivity contribution in [2.45, 2.75) is 13.8 Å². The van der Waals surface area contributed by atoms with E-state index in [9.17, 15) is 4.79 Å². The van der Waals surface area contributed by atoms with Gasteiger partial charge in [0.05, 0.1) is 18.5 Å². The lowest BCUT2D eigenvalue weighted by Gasteiger charge is -2.07. The SMILES string of the molecule is COc1ccc(-c2cccc(-c3ccc(NC(=O)C=C(C)C)cc3)n2)cc1. The van der Waals surface area contributed by atoms with Crippen LogP contribution < -0.4 is 10.1 Å². The van der Waals surface area contributed by atoms with E-state index in [0.717, 1.165) is 39.5 Å². The molecule has 0 aliphatic heterocycles. The Balaban J connectivity index is 1.80. The molecule has 1 amide bonds. The Morgan fingerprint density at radius 2 is 1.44 bits per heavy atom. The second kappa shape index (κ2) is 8.32. The van der Waals surface area contributed by atoms with Crippen LogP contribution in [0.25, 0.3) is 22.5 Å². The Labute approximate surface area is 159 Å². The number of carbonyl (C=O) groups is 1. The molecule has 0 aliphatic rings. The van der Waals surface area contributed by atoms with E-state index in [-0.39, 0.29) is 5.91 Å². The molecule has 3 rings (SSSR count). The lowest BCUT2D eigenvalue weighted by Crippen LogP contribution is -2.08. The molecule has 0 atom stereocenters. The number of hydrogen-bond acceptors (Lipinski definition) is 3. The van der Waals surface area contributed by atoms with E-state index in [4.69, 9.17) is 9.72 Å². The van der Waals surface area contributed by atoms with E-state index in [2.05, 4.69) is 5.32 Å². The molecule has 0 radical (unpaired) electrons. The van der Waals surface area contributed by atoms with Crippen LogP contribution in [-0.4, -0.2) is 18.0 Å². The number of carbonyl (C=O) groups excluding carboxylic acids is 1. The first-order valence-corrected chi connectivity index (χ1v) is 8.73. The van der Waals surface area contributed by atoms with Gasteiger partial charge in [0.25, 0.3) is 0 Å². The number of allylic oxidation sites excluding steroid dienone is 1. The molecule has 0 saturated heterocycles.